The standard InChI is InChI=1S/C22H30FN5O/c1-13-8-7-10-17(14(13)2)26-21-15(20(24)29)12-16(23)22(27-21)28(4)19-11-6-5-9-18(19)25-3/h7-8,10,12,18-19,25H,5-6,9,11H2,1-4H3,(H2,24,29)(H,26,27). The lowest BCUT2D eigenvalue weighted by Crippen LogP contribution is -2.50. The molecule has 2 unspecified atom stereocenters. The van der Waals surface area contributed by atoms with Gasteiger partial charge in [-0.2, -0.15) is 0 Å². The number of carbonyl (C=O) groups excluding carboxylic acids is 1. The fourth-order valence-corrected chi connectivity index (χ4v) is 4.09. The van der Waals surface area contributed by atoms with E-state index >= 15 is 0 Å². The van der Waals surface area contributed by atoms with Crippen molar-refractivity contribution < 1.29 is 9.18 Å². The van der Waals surface area contributed by atoms with Crippen molar-refractivity contribution >= 4 is 23.2 Å². The molecule has 1 aromatic heterocycles. The Kier molecular flexibility index (Phi) is 6.37. The number of nitrogens with zero attached hydrogens (tertiary/aromatic N) is 2. The Hall–Kier alpha value is -2.67. The van der Waals surface area contributed by atoms with Crippen molar-refractivity contribution in [1.29, 1.82) is 0 Å². The van der Waals surface area contributed by atoms with E-state index in [-0.39, 0.29) is 29.3 Å². The van der Waals surface area contributed by atoms with E-state index in [0.29, 0.717) is 0 Å². The Morgan fingerprint density at radius 2 is 2.00 bits per heavy atom. The first-order valence-corrected chi connectivity index (χ1v) is 10.1. The highest BCUT2D eigenvalue weighted by Gasteiger charge is 2.30. The molecule has 0 spiro atoms. The van der Waals surface area contributed by atoms with Gasteiger partial charge < -0.3 is 21.3 Å². The smallest absolute Gasteiger partial charge is 0.252 e. The summed E-state index contributed by atoms with van der Waals surface area (Å²) in [5, 5.41) is 6.53. The molecule has 1 amide bonds. The van der Waals surface area contributed by atoms with Crippen molar-refractivity contribution in [2.75, 3.05) is 24.3 Å². The first kappa shape index (κ1) is 21.0. The highest BCUT2D eigenvalue weighted by molar-refractivity contribution is 5.98. The summed E-state index contributed by atoms with van der Waals surface area (Å²) in [7, 11) is 3.79. The van der Waals surface area contributed by atoms with Gasteiger partial charge in [0.1, 0.15) is 5.82 Å². The second kappa shape index (κ2) is 8.78. The minimum absolute atomic E-state index is 0.0365. The van der Waals surface area contributed by atoms with Crippen molar-refractivity contribution in [2.45, 2.75) is 51.6 Å². The third kappa shape index (κ3) is 4.34. The number of hydrogen-bond donors (Lipinski definition) is 3. The lowest BCUT2D eigenvalue weighted by molar-refractivity contribution is 0.100. The highest BCUT2D eigenvalue weighted by Crippen LogP contribution is 2.31. The Bertz CT molecular complexity index is 901. The zero-order valence-corrected chi connectivity index (χ0v) is 17.6. The van der Waals surface area contributed by atoms with Gasteiger partial charge in [-0.05, 0) is 57.0 Å². The number of primary amides is 1. The first-order valence-electron chi connectivity index (χ1n) is 10.1. The molecule has 1 fully saturated rings. The van der Waals surface area contributed by atoms with Crippen LogP contribution in [0.5, 0.6) is 0 Å². The van der Waals surface area contributed by atoms with Gasteiger partial charge in [-0.15, -0.1) is 0 Å². The van der Waals surface area contributed by atoms with Gasteiger partial charge >= 0.3 is 0 Å². The fraction of sp³-hybridized carbons (Fsp3) is 0.455. The van der Waals surface area contributed by atoms with E-state index in [4.69, 9.17) is 5.73 Å². The molecule has 0 bridgehead atoms. The van der Waals surface area contributed by atoms with Crippen LogP contribution >= 0.6 is 0 Å². The molecule has 1 aliphatic carbocycles. The molecule has 156 valence electrons. The zero-order valence-electron chi connectivity index (χ0n) is 17.6. The summed E-state index contributed by atoms with van der Waals surface area (Å²) >= 11 is 0. The first-order chi connectivity index (χ1) is 13.8. The van der Waals surface area contributed by atoms with E-state index in [2.05, 4.69) is 15.6 Å². The van der Waals surface area contributed by atoms with Gasteiger partial charge in [0.05, 0.1) is 5.56 Å². The number of aryl methyl sites for hydroxylation is 1. The third-order valence-electron chi connectivity index (χ3n) is 6.01. The molecule has 3 rings (SSSR count). The fourth-order valence-electron chi connectivity index (χ4n) is 4.09. The zero-order chi connectivity index (χ0) is 21.1. The SMILES string of the molecule is CNC1CCCCC1N(C)c1nc(Nc2cccc(C)c2C)c(C(N)=O)cc1F. The molecule has 0 radical (unpaired) electrons. The van der Waals surface area contributed by atoms with Crippen LogP contribution in [0.25, 0.3) is 0 Å². The van der Waals surface area contributed by atoms with Gasteiger partial charge in [0.25, 0.3) is 5.91 Å². The summed E-state index contributed by atoms with van der Waals surface area (Å²) in [6, 6.07) is 7.41. The summed E-state index contributed by atoms with van der Waals surface area (Å²) in [5.74, 6) is -0.779. The van der Waals surface area contributed by atoms with Crippen LogP contribution in [0.2, 0.25) is 0 Å². The van der Waals surface area contributed by atoms with Crippen LogP contribution in [-0.4, -0.2) is 37.1 Å². The third-order valence-corrected chi connectivity index (χ3v) is 6.01. The average molecular weight is 400 g/mol. The number of amides is 1. The summed E-state index contributed by atoms with van der Waals surface area (Å²) in [4.78, 5) is 18.3. The molecule has 1 saturated carbocycles. The topological polar surface area (TPSA) is 83.3 Å². The van der Waals surface area contributed by atoms with Crippen molar-refractivity contribution in [3.05, 3.63) is 46.8 Å². The van der Waals surface area contributed by atoms with E-state index in [0.717, 1.165) is 42.5 Å². The highest BCUT2D eigenvalue weighted by atomic mass is 19.1. The Morgan fingerprint density at radius 3 is 2.69 bits per heavy atom. The quantitative estimate of drug-likeness (QED) is 0.691. The van der Waals surface area contributed by atoms with E-state index in [1.165, 1.54) is 6.07 Å². The summed E-state index contributed by atoms with van der Waals surface area (Å²) in [5.41, 5.74) is 8.50. The van der Waals surface area contributed by atoms with Crippen LogP contribution in [0.3, 0.4) is 0 Å². The number of likely N-dealkylation sites (N-methyl/N-ethyl adjacent to an activating group) is 2. The van der Waals surface area contributed by atoms with Gasteiger partial charge in [-0.3, -0.25) is 4.79 Å². The summed E-state index contributed by atoms with van der Waals surface area (Å²) < 4.78 is 14.9. The molecule has 2 atom stereocenters. The molecule has 1 aromatic carbocycles. The lowest BCUT2D eigenvalue weighted by atomic mass is 9.89. The number of anilines is 3. The molecule has 4 N–H and O–H groups in total. The number of nitrogens with one attached hydrogen (secondary N) is 2. The largest absolute Gasteiger partial charge is 0.365 e. The van der Waals surface area contributed by atoms with E-state index in [1.807, 2.05) is 51.0 Å². The Labute approximate surface area is 171 Å². The van der Waals surface area contributed by atoms with E-state index < -0.39 is 11.7 Å². The van der Waals surface area contributed by atoms with Crippen LogP contribution in [0.1, 0.15) is 47.2 Å². The summed E-state index contributed by atoms with van der Waals surface area (Å²) in [6.45, 7) is 3.99. The number of hydrogen-bond acceptors (Lipinski definition) is 5. The molecule has 6 nitrogen and oxygen atoms in total. The second-order valence-electron chi connectivity index (χ2n) is 7.78. The van der Waals surface area contributed by atoms with Crippen LogP contribution in [0, 0.1) is 19.7 Å². The Balaban J connectivity index is 2.02. The molecule has 0 saturated heterocycles. The molecule has 1 aliphatic rings. The molecule has 2 aromatic rings. The number of benzene rings is 1. The summed E-state index contributed by atoms with van der Waals surface area (Å²) in [6.07, 6.45) is 4.26. The minimum Gasteiger partial charge on any atom is -0.365 e. The molecule has 0 aliphatic heterocycles. The number of nitrogens with two attached hydrogens (primary N) is 1. The Morgan fingerprint density at radius 1 is 1.28 bits per heavy atom. The number of aromatic nitrogens is 1. The maximum Gasteiger partial charge on any atom is 0.252 e. The van der Waals surface area contributed by atoms with Gasteiger partial charge in [0.15, 0.2) is 11.6 Å². The van der Waals surface area contributed by atoms with Gasteiger partial charge in [-0.25, -0.2) is 9.37 Å². The van der Waals surface area contributed by atoms with Crippen molar-refractivity contribution in [3.8, 4) is 0 Å². The number of pyridine rings is 1. The van der Waals surface area contributed by atoms with Crippen LogP contribution in [0.4, 0.5) is 21.7 Å². The average Bonchev–Trinajstić information content (AvgIpc) is 2.71. The van der Waals surface area contributed by atoms with Crippen LogP contribution < -0.4 is 21.3 Å². The number of rotatable bonds is 6. The molecule has 7 heteroatoms. The van der Waals surface area contributed by atoms with Gasteiger partial charge in [-0.1, -0.05) is 25.0 Å². The predicted molar refractivity (Wildman–Crippen MR) is 115 cm³/mol. The lowest BCUT2D eigenvalue weighted by Gasteiger charge is -2.38. The molecule has 1 heterocycles. The normalized spacial score (nSPS) is 19.1. The maximum atomic E-state index is 14.9. The van der Waals surface area contributed by atoms with Gasteiger partial charge in [0.2, 0.25) is 0 Å². The molecular weight excluding hydrogens is 369 g/mol. The minimum atomic E-state index is -0.718. The second-order valence-corrected chi connectivity index (χ2v) is 7.78. The van der Waals surface area contributed by atoms with Crippen molar-refractivity contribution in [1.82, 2.24) is 10.3 Å². The number of carbonyl (C=O) groups is 1. The van der Waals surface area contributed by atoms with Crippen LogP contribution in [0.15, 0.2) is 24.3 Å². The monoisotopic (exact) mass is 399 g/mol. The molecule has 29 heavy (non-hydrogen) atoms. The van der Waals surface area contributed by atoms with Crippen LogP contribution in [-0.2, 0) is 0 Å². The van der Waals surface area contributed by atoms with Crippen molar-refractivity contribution in [2.24, 2.45) is 5.73 Å². The predicted octanol–water partition coefficient (Wildman–Crippen LogP) is 3.65. The van der Waals surface area contributed by atoms with E-state index in [1.54, 1.807) is 0 Å². The van der Waals surface area contributed by atoms with E-state index in [9.17, 15) is 9.18 Å². The molecular formula is C22H30FN5O. The number of halogens is 1. The van der Waals surface area contributed by atoms with Gasteiger partial charge in [0, 0.05) is 24.8 Å². The van der Waals surface area contributed by atoms with Crippen molar-refractivity contribution in [3.63, 3.8) is 0 Å². The maximum absolute atomic E-state index is 14.9.